The summed E-state index contributed by atoms with van der Waals surface area (Å²) in [6.07, 6.45) is 1.27. The molecule has 23 heavy (non-hydrogen) atoms. The van der Waals surface area contributed by atoms with Crippen molar-refractivity contribution in [1.82, 2.24) is 4.90 Å². The Hall–Kier alpha value is -1.32. The summed E-state index contributed by atoms with van der Waals surface area (Å²) < 4.78 is 0. The van der Waals surface area contributed by atoms with E-state index in [4.69, 9.17) is 11.6 Å². The van der Waals surface area contributed by atoms with Gasteiger partial charge >= 0.3 is 0 Å². The van der Waals surface area contributed by atoms with Crippen LogP contribution in [0.4, 0.5) is 0 Å². The Morgan fingerprint density at radius 1 is 1.26 bits per heavy atom. The molecule has 2 aromatic rings. The molecule has 0 unspecified atom stereocenters. The van der Waals surface area contributed by atoms with Gasteiger partial charge in [-0.2, -0.15) is 0 Å². The number of hydrogen-bond acceptors (Lipinski definition) is 1. The molecule has 0 spiro atoms. The van der Waals surface area contributed by atoms with Crippen LogP contribution in [0.15, 0.2) is 42.5 Å². The van der Waals surface area contributed by atoms with Gasteiger partial charge in [-0.1, -0.05) is 63.9 Å². The van der Waals surface area contributed by atoms with Gasteiger partial charge in [-0.15, -0.1) is 0 Å². The maximum absolute atomic E-state index is 12.9. The first kappa shape index (κ1) is 16.5. The molecule has 0 radical (unpaired) electrons. The number of halogens is 2. The van der Waals surface area contributed by atoms with Crippen molar-refractivity contribution in [3.63, 3.8) is 0 Å². The average molecular weight is 393 g/mol. The summed E-state index contributed by atoms with van der Waals surface area (Å²) in [5.74, 6) is 0.141. The molecular formula is C19H19BrClNO. The Morgan fingerprint density at radius 2 is 2.04 bits per heavy atom. The summed E-state index contributed by atoms with van der Waals surface area (Å²) in [6, 6.07) is 14.3. The quantitative estimate of drug-likeness (QED) is 0.679. The Bertz CT molecular complexity index is 731. The lowest BCUT2D eigenvalue weighted by Gasteiger charge is -2.35. The summed E-state index contributed by atoms with van der Waals surface area (Å²) in [5.41, 5.74) is 4.62. The van der Waals surface area contributed by atoms with Gasteiger partial charge in [0.15, 0.2) is 0 Å². The Labute approximate surface area is 150 Å². The van der Waals surface area contributed by atoms with Crippen molar-refractivity contribution in [1.29, 1.82) is 0 Å². The second kappa shape index (κ2) is 7.06. The Morgan fingerprint density at radius 3 is 2.83 bits per heavy atom. The van der Waals surface area contributed by atoms with Crippen LogP contribution in [0.3, 0.4) is 0 Å². The lowest BCUT2D eigenvalue weighted by Crippen LogP contribution is -2.39. The van der Waals surface area contributed by atoms with Gasteiger partial charge < -0.3 is 4.90 Å². The molecule has 0 saturated carbocycles. The molecule has 0 N–H and O–H groups in total. The number of benzene rings is 2. The van der Waals surface area contributed by atoms with Crippen LogP contribution < -0.4 is 0 Å². The van der Waals surface area contributed by atoms with Crippen molar-refractivity contribution in [2.75, 3.05) is 6.54 Å². The maximum atomic E-state index is 12.9. The molecule has 3 rings (SSSR count). The van der Waals surface area contributed by atoms with E-state index in [0.717, 1.165) is 24.1 Å². The monoisotopic (exact) mass is 391 g/mol. The third kappa shape index (κ3) is 3.31. The number of alkyl halides is 1. The molecule has 0 fully saturated rings. The highest BCUT2D eigenvalue weighted by Gasteiger charge is 2.27. The molecule has 1 amide bonds. The summed E-state index contributed by atoms with van der Waals surface area (Å²) in [4.78, 5) is 14.8. The summed E-state index contributed by atoms with van der Waals surface area (Å²) in [6.45, 7) is 2.87. The second-order valence-corrected chi connectivity index (χ2v) is 6.87. The van der Waals surface area contributed by atoms with Gasteiger partial charge in [-0.3, -0.25) is 4.79 Å². The van der Waals surface area contributed by atoms with Crippen LogP contribution in [0.25, 0.3) is 0 Å². The fourth-order valence-corrected chi connectivity index (χ4v) is 4.08. The van der Waals surface area contributed by atoms with E-state index in [-0.39, 0.29) is 11.9 Å². The number of carbonyl (C=O) groups is 1. The van der Waals surface area contributed by atoms with Crippen LogP contribution in [0.1, 0.15) is 35.2 Å². The van der Waals surface area contributed by atoms with Crippen LogP contribution >= 0.6 is 27.5 Å². The zero-order chi connectivity index (χ0) is 16.4. The molecule has 2 aromatic carbocycles. The van der Waals surface area contributed by atoms with E-state index in [0.29, 0.717) is 16.8 Å². The number of amides is 1. The van der Waals surface area contributed by atoms with E-state index >= 15 is 0 Å². The summed E-state index contributed by atoms with van der Waals surface area (Å²) in [7, 11) is 0. The first-order valence-electron chi connectivity index (χ1n) is 7.81. The van der Waals surface area contributed by atoms with Crippen molar-refractivity contribution in [3.8, 4) is 0 Å². The molecule has 2 nitrogen and oxygen atoms in total. The highest BCUT2D eigenvalue weighted by atomic mass is 79.9. The van der Waals surface area contributed by atoms with Crippen LogP contribution in [-0.4, -0.2) is 17.4 Å². The minimum Gasteiger partial charge on any atom is -0.335 e. The maximum Gasteiger partial charge on any atom is 0.227 e. The third-order valence-electron chi connectivity index (χ3n) is 4.60. The lowest BCUT2D eigenvalue weighted by molar-refractivity contribution is -0.133. The predicted molar refractivity (Wildman–Crippen MR) is 98.1 cm³/mol. The molecule has 0 saturated heterocycles. The van der Waals surface area contributed by atoms with Gasteiger partial charge in [0.2, 0.25) is 5.91 Å². The minimum atomic E-state index is 0.113. The van der Waals surface area contributed by atoms with Gasteiger partial charge in [0, 0.05) is 16.9 Å². The van der Waals surface area contributed by atoms with Crippen LogP contribution in [0.5, 0.6) is 0 Å². The zero-order valence-corrected chi connectivity index (χ0v) is 15.4. The molecule has 1 aliphatic heterocycles. The zero-order valence-electron chi connectivity index (χ0n) is 13.1. The standard InChI is InChI=1S/C19H19BrClNO/c1-13-16-7-3-2-5-14(16)9-10-22(13)19(23)11-17-15(12-20)6-4-8-18(17)21/h2-8,13H,9-12H2,1H3/t13-/m0/s1. The molecule has 1 heterocycles. The smallest absolute Gasteiger partial charge is 0.227 e. The van der Waals surface area contributed by atoms with E-state index in [1.165, 1.54) is 11.1 Å². The number of carbonyl (C=O) groups excluding carboxylic acids is 1. The molecule has 0 aromatic heterocycles. The fourth-order valence-electron chi connectivity index (χ4n) is 3.29. The van der Waals surface area contributed by atoms with E-state index in [1.54, 1.807) is 0 Å². The lowest BCUT2D eigenvalue weighted by atomic mass is 9.93. The SMILES string of the molecule is C[C@H]1c2ccccc2CCN1C(=O)Cc1c(Cl)cccc1CBr. The molecule has 0 aliphatic carbocycles. The summed E-state index contributed by atoms with van der Waals surface area (Å²) >= 11 is 9.80. The molecule has 120 valence electrons. The molecule has 1 aliphatic rings. The van der Waals surface area contributed by atoms with E-state index in [1.807, 2.05) is 29.2 Å². The van der Waals surface area contributed by atoms with Gasteiger partial charge in [-0.05, 0) is 41.7 Å². The number of hydrogen-bond donors (Lipinski definition) is 0. The molecule has 1 atom stereocenters. The van der Waals surface area contributed by atoms with Crippen molar-refractivity contribution < 1.29 is 4.79 Å². The Kier molecular flexibility index (Phi) is 5.08. The first-order chi connectivity index (χ1) is 11.1. The number of rotatable bonds is 3. The molecule has 0 bridgehead atoms. The highest BCUT2D eigenvalue weighted by molar-refractivity contribution is 9.08. The van der Waals surface area contributed by atoms with Gasteiger partial charge in [-0.25, -0.2) is 0 Å². The Balaban J connectivity index is 1.83. The fraction of sp³-hybridized carbons (Fsp3) is 0.316. The topological polar surface area (TPSA) is 20.3 Å². The highest BCUT2D eigenvalue weighted by Crippen LogP contribution is 2.31. The van der Waals surface area contributed by atoms with Crippen LogP contribution in [-0.2, 0) is 23.0 Å². The minimum absolute atomic E-state index is 0.113. The van der Waals surface area contributed by atoms with Gasteiger partial charge in [0.05, 0.1) is 12.5 Å². The van der Waals surface area contributed by atoms with E-state index in [2.05, 4.69) is 41.1 Å². The van der Waals surface area contributed by atoms with Crippen molar-refractivity contribution in [2.45, 2.75) is 31.1 Å². The van der Waals surface area contributed by atoms with Gasteiger partial charge in [0.25, 0.3) is 0 Å². The number of fused-ring (bicyclic) bond motifs is 1. The molecular weight excluding hydrogens is 374 g/mol. The summed E-state index contributed by atoms with van der Waals surface area (Å²) in [5, 5.41) is 1.37. The normalized spacial score (nSPS) is 17.0. The number of nitrogens with zero attached hydrogens (tertiary/aromatic N) is 1. The first-order valence-corrected chi connectivity index (χ1v) is 9.31. The van der Waals surface area contributed by atoms with Crippen molar-refractivity contribution in [2.24, 2.45) is 0 Å². The van der Waals surface area contributed by atoms with Crippen molar-refractivity contribution in [3.05, 3.63) is 69.7 Å². The van der Waals surface area contributed by atoms with E-state index in [9.17, 15) is 4.79 Å². The largest absolute Gasteiger partial charge is 0.335 e. The predicted octanol–water partition coefficient (Wildman–Crippen LogP) is 4.92. The van der Waals surface area contributed by atoms with E-state index < -0.39 is 0 Å². The third-order valence-corrected chi connectivity index (χ3v) is 5.56. The second-order valence-electron chi connectivity index (χ2n) is 5.90. The van der Waals surface area contributed by atoms with Gasteiger partial charge in [0.1, 0.15) is 0 Å². The average Bonchev–Trinajstić information content (AvgIpc) is 2.57. The van der Waals surface area contributed by atoms with Crippen molar-refractivity contribution >= 4 is 33.4 Å². The van der Waals surface area contributed by atoms with Crippen LogP contribution in [0, 0.1) is 0 Å². The van der Waals surface area contributed by atoms with Crippen LogP contribution in [0.2, 0.25) is 5.02 Å². The molecule has 4 heteroatoms.